The van der Waals surface area contributed by atoms with E-state index >= 15 is 0 Å². The van der Waals surface area contributed by atoms with Crippen molar-refractivity contribution in [3.05, 3.63) is 41.0 Å². The first-order valence-corrected chi connectivity index (χ1v) is 9.51. The molecule has 1 saturated heterocycles. The monoisotopic (exact) mass is 383 g/mol. The summed E-state index contributed by atoms with van der Waals surface area (Å²) in [4.78, 5) is 27.8. The topological polar surface area (TPSA) is 68.3 Å². The molecule has 28 heavy (non-hydrogen) atoms. The maximum absolute atomic E-state index is 14.0. The van der Waals surface area contributed by atoms with Gasteiger partial charge in [0.2, 0.25) is 0 Å². The molecular formula is C21H22FN3O3. The number of amides is 1. The number of fused-ring (bicyclic) bond motifs is 1. The highest BCUT2D eigenvalue weighted by Gasteiger charge is 2.33. The quantitative estimate of drug-likeness (QED) is 0.509. The standard InChI is InChI=1S/C21H22FN3O3/c1-4-16-17(12(2)23-28-16)19-18(20(26)21(27)25-9-5-6-10-25)14-11-13(22)7-8-15(14)24(19)3/h7-8,11H,4-6,9-10H2,1-3H3. The van der Waals surface area contributed by atoms with E-state index in [9.17, 15) is 14.0 Å². The summed E-state index contributed by atoms with van der Waals surface area (Å²) >= 11 is 0. The van der Waals surface area contributed by atoms with Crippen LogP contribution >= 0.6 is 0 Å². The lowest BCUT2D eigenvalue weighted by Crippen LogP contribution is -2.34. The van der Waals surface area contributed by atoms with Gasteiger partial charge in [-0.25, -0.2) is 4.39 Å². The SMILES string of the molecule is CCc1onc(C)c1-c1c(C(=O)C(=O)N2CCCC2)c2cc(F)ccc2n1C. The lowest BCUT2D eigenvalue weighted by atomic mass is 9.99. The molecule has 0 saturated carbocycles. The van der Waals surface area contributed by atoms with Crippen LogP contribution in [0.5, 0.6) is 0 Å². The highest BCUT2D eigenvalue weighted by atomic mass is 19.1. The molecule has 1 amide bonds. The average molecular weight is 383 g/mol. The summed E-state index contributed by atoms with van der Waals surface area (Å²) in [5.74, 6) is -0.977. The van der Waals surface area contributed by atoms with Crippen molar-refractivity contribution in [2.24, 2.45) is 7.05 Å². The fourth-order valence-electron chi connectivity index (χ4n) is 4.07. The fourth-order valence-corrected chi connectivity index (χ4v) is 4.07. The van der Waals surface area contributed by atoms with Gasteiger partial charge >= 0.3 is 0 Å². The van der Waals surface area contributed by atoms with Gasteiger partial charge in [0.15, 0.2) is 0 Å². The predicted octanol–water partition coefficient (Wildman–Crippen LogP) is 3.65. The second-order valence-electron chi connectivity index (χ2n) is 7.19. The van der Waals surface area contributed by atoms with Crippen molar-refractivity contribution in [3.8, 4) is 11.3 Å². The molecule has 6 nitrogen and oxygen atoms in total. The predicted molar refractivity (Wildman–Crippen MR) is 103 cm³/mol. The Hall–Kier alpha value is -2.96. The number of aryl methyl sites for hydroxylation is 3. The summed E-state index contributed by atoms with van der Waals surface area (Å²) in [6.45, 7) is 4.88. The van der Waals surface area contributed by atoms with Crippen LogP contribution in [0.3, 0.4) is 0 Å². The number of aromatic nitrogens is 2. The number of likely N-dealkylation sites (tertiary alicyclic amines) is 1. The molecule has 3 aromatic rings. The molecule has 1 aromatic carbocycles. The molecule has 0 aliphatic carbocycles. The maximum atomic E-state index is 14.0. The molecule has 2 aromatic heterocycles. The fraction of sp³-hybridized carbons (Fsp3) is 0.381. The summed E-state index contributed by atoms with van der Waals surface area (Å²) in [6, 6.07) is 4.29. The number of ketones is 1. The Kier molecular flexibility index (Phi) is 4.53. The number of hydrogen-bond donors (Lipinski definition) is 0. The van der Waals surface area contributed by atoms with Gasteiger partial charge in [-0.05, 0) is 38.0 Å². The van der Waals surface area contributed by atoms with Crippen molar-refractivity contribution < 1.29 is 18.5 Å². The van der Waals surface area contributed by atoms with Crippen LogP contribution in [-0.4, -0.2) is 39.4 Å². The molecule has 0 spiro atoms. The number of Topliss-reactive ketones (excluding diaryl/α,β-unsaturated/α-hetero) is 1. The van der Waals surface area contributed by atoms with E-state index in [4.69, 9.17) is 4.52 Å². The van der Waals surface area contributed by atoms with Crippen LogP contribution in [0.15, 0.2) is 22.7 Å². The van der Waals surface area contributed by atoms with E-state index in [0.717, 1.165) is 12.8 Å². The molecule has 0 radical (unpaired) electrons. The van der Waals surface area contributed by atoms with Gasteiger partial charge in [-0.2, -0.15) is 0 Å². The Balaban J connectivity index is 2.00. The zero-order chi connectivity index (χ0) is 20.0. The van der Waals surface area contributed by atoms with E-state index in [1.165, 1.54) is 12.1 Å². The number of carbonyl (C=O) groups excluding carboxylic acids is 2. The molecular weight excluding hydrogens is 361 g/mol. The van der Waals surface area contributed by atoms with Crippen LogP contribution in [0.25, 0.3) is 22.2 Å². The van der Waals surface area contributed by atoms with Crippen molar-refractivity contribution in [2.45, 2.75) is 33.1 Å². The number of hydrogen-bond acceptors (Lipinski definition) is 4. The van der Waals surface area contributed by atoms with Crippen LogP contribution in [0.1, 0.15) is 41.6 Å². The van der Waals surface area contributed by atoms with Gasteiger partial charge in [-0.15, -0.1) is 0 Å². The lowest BCUT2D eigenvalue weighted by Gasteiger charge is -2.15. The Labute approximate surface area is 161 Å². The normalized spacial score (nSPS) is 14.2. The Morgan fingerprint density at radius 3 is 2.64 bits per heavy atom. The average Bonchev–Trinajstić information content (AvgIpc) is 3.39. The molecule has 1 aliphatic heterocycles. The molecule has 3 heterocycles. The van der Waals surface area contributed by atoms with E-state index in [1.807, 2.05) is 11.5 Å². The van der Waals surface area contributed by atoms with Crippen molar-refractivity contribution >= 4 is 22.6 Å². The number of benzene rings is 1. The number of nitrogens with zero attached hydrogens (tertiary/aromatic N) is 3. The zero-order valence-electron chi connectivity index (χ0n) is 16.2. The molecule has 0 atom stereocenters. The minimum Gasteiger partial charge on any atom is -0.360 e. The molecule has 0 N–H and O–H groups in total. The summed E-state index contributed by atoms with van der Waals surface area (Å²) in [5.41, 5.74) is 2.77. The third kappa shape index (κ3) is 2.73. The largest absolute Gasteiger partial charge is 0.360 e. The van der Waals surface area contributed by atoms with Crippen molar-refractivity contribution in [1.82, 2.24) is 14.6 Å². The first-order chi connectivity index (χ1) is 13.4. The van der Waals surface area contributed by atoms with Crippen LogP contribution < -0.4 is 0 Å². The Morgan fingerprint density at radius 1 is 1.25 bits per heavy atom. The van der Waals surface area contributed by atoms with Gasteiger partial charge in [-0.3, -0.25) is 9.59 Å². The van der Waals surface area contributed by atoms with Crippen LogP contribution in [0, 0.1) is 12.7 Å². The smallest absolute Gasteiger partial charge is 0.295 e. The van der Waals surface area contributed by atoms with Crippen LogP contribution in [0.4, 0.5) is 4.39 Å². The van der Waals surface area contributed by atoms with Crippen molar-refractivity contribution in [3.63, 3.8) is 0 Å². The van der Waals surface area contributed by atoms with E-state index < -0.39 is 17.5 Å². The molecule has 7 heteroatoms. The van der Waals surface area contributed by atoms with Gasteiger partial charge in [0.05, 0.1) is 22.5 Å². The maximum Gasteiger partial charge on any atom is 0.295 e. The number of halogens is 1. The lowest BCUT2D eigenvalue weighted by molar-refractivity contribution is -0.125. The van der Waals surface area contributed by atoms with E-state index in [0.29, 0.717) is 53.1 Å². The van der Waals surface area contributed by atoms with E-state index in [-0.39, 0.29) is 5.56 Å². The van der Waals surface area contributed by atoms with Gasteiger partial charge in [0.1, 0.15) is 11.6 Å². The second-order valence-corrected chi connectivity index (χ2v) is 7.19. The molecule has 1 fully saturated rings. The Morgan fingerprint density at radius 2 is 1.96 bits per heavy atom. The van der Waals surface area contributed by atoms with Crippen LogP contribution in [-0.2, 0) is 18.3 Å². The second kappa shape index (κ2) is 6.89. The third-order valence-electron chi connectivity index (χ3n) is 5.47. The summed E-state index contributed by atoms with van der Waals surface area (Å²) in [6.07, 6.45) is 2.36. The first kappa shape index (κ1) is 18.4. The van der Waals surface area contributed by atoms with Gasteiger partial charge in [0, 0.05) is 37.5 Å². The first-order valence-electron chi connectivity index (χ1n) is 9.51. The number of rotatable bonds is 4. The molecule has 1 aliphatic rings. The summed E-state index contributed by atoms with van der Waals surface area (Å²) in [7, 11) is 1.80. The van der Waals surface area contributed by atoms with Gasteiger partial charge in [-0.1, -0.05) is 12.1 Å². The summed E-state index contributed by atoms with van der Waals surface area (Å²) < 4.78 is 21.3. The highest BCUT2D eigenvalue weighted by Crippen LogP contribution is 2.37. The minimum absolute atomic E-state index is 0.218. The summed E-state index contributed by atoms with van der Waals surface area (Å²) in [5, 5.41) is 4.47. The minimum atomic E-state index is -0.615. The molecule has 0 bridgehead atoms. The Bertz CT molecular complexity index is 1090. The third-order valence-corrected chi connectivity index (χ3v) is 5.47. The molecule has 4 rings (SSSR count). The molecule has 146 valence electrons. The molecule has 0 unspecified atom stereocenters. The zero-order valence-corrected chi connectivity index (χ0v) is 16.2. The van der Waals surface area contributed by atoms with Crippen LogP contribution in [0.2, 0.25) is 0 Å². The number of carbonyl (C=O) groups is 2. The van der Waals surface area contributed by atoms with Gasteiger partial charge < -0.3 is 14.0 Å². The van der Waals surface area contributed by atoms with Crippen molar-refractivity contribution in [2.75, 3.05) is 13.1 Å². The van der Waals surface area contributed by atoms with E-state index in [2.05, 4.69) is 5.16 Å². The van der Waals surface area contributed by atoms with Crippen molar-refractivity contribution in [1.29, 1.82) is 0 Å². The highest BCUT2D eigenvalue weighted by molar-refractivity contribution is 6.46. The van der Waals surface area contributed by atoms with E-state index in [1.54, 1.807) is 24.9 Å². The van der Waals surface area contributed by atoms with Gasteiger partial charge in [0.25, 0.3) is 11.7 Å².